The first-order valence-electron chi connectivity index (χ1n) is 6.41. The highest BCUT2D eigenvalue weighted by Crippen LogP contribution is 2.20. The molecule has 0 aliphatic rings. The van der Waals surface area contributed by atoms with Crippen molar-refractivity contribution in [2.75, 3.05) is 0 Å². The van der Waals surface area contributed by atoms with Crippen LogP contribution in [0.15, 0.2) is 60.7 Å². The monoisotopic (exact) mass is 272 g/mol. The molecule has 0 saturated heterocycles. The second-order valence-electron chi connectivity index (χ2n) is 5.36. The summed E-state index contributed by atoms with van der Waals surface area (Å²) in [6.45, 7) is 6.67. The van der Waals surface area contributed by atoms with Gasteiger partial charge in [-0.25, -0.2) is 4.79 Å². The molecule has 3 nitrogen and oxygen atoms in total. The quantitative estimate of drug-likeness (QED) is 0.622. The van der Waals surface area contributed by atoms with E-state index in [2.05, 4.69) is 56.0 Å². The molecular formula is C17H20O3. The summed E-state index contributed by atoms with van der Waals surface area (Å²) in [6.07, 6.45) is 0. The van der Waals surface area contributed by atoms with E-state index in [0.717, 1.165) is 0 Å². The van der Waals surface area contributed by atoms with Crippen molar-refractivity contribution >= 4 is 5.97 Å². The molecule has 0 heterocycles. The van der Waals surface area contributed by atoms with Gasteiger partial charge in [0, 0.05) is 0 Å². The first-order chi connectivity index (χ1) is 9.45. The molecule has 0 fully saturated rings. The predicted octanol–water partition coefficient (Wildman–Crippen LogP) is 4.30. The molecule has 0 bridgehead atoms. The van der Waals surface area contributed by atoms with Crippen LogP contribution in [0.1, 0.15) is 36.7 Å². The molecule has 0 aliphatic heterocycles. The maximum Gasteiger partial charge on any atom is 0.372 e. The van der Waals surface area contributed by atoms with Crippen LogP contribution >= 0.6 is 0 Å². The summed E-state index contributed by atoms with van der Waals surface area (Å²) in [5.41, 5.74) is 2.03. The van der Waals surface area contributed by atoms with Gasteiger partial charge in [-0.1, -0.05) is 69.3 Å². The first kappa shape index (κ1) is 15.9. The van der Waals surface area contributed by atoms with E-state index < -0.39 is 5.97 Å². The van der Waals surface area contributed by atoms with Gasteiger partial charge in [0.25, 0.3) is 0 Å². The van der Waals surface area contributed by atoms with Crippen molar-refractivity contribution in [2.45, 2.75) is 26.2 Å². The Bertz CT molecular complexity index is 513. The molecule has 2 rings (SSSR count). The van der Waals surface area contributed by atoms with E-state index in [-0.39, 0.29) is 0 Å². The van der Waals surface area contributed by atoms with Crippen molar-refractivity contribution < 1.29 is 14.9 Å². The highest BCUT2D eigenvalue weighted by atomic mass is 17.1. The molecule has 0 unspecified atom stereocenters. The molecule has 0 amide bonds. The summed E-state index contributed by atoms with van der Waals surface area (Å²) >= 11 is 0. The van der Waals surface area contributed by atoms with E-state index in [4.69, 9.17) is 5.26 Å². The van der Waals surface area contributed by atoms with Crippen LogP contribution in [0.2, 0.25) is 0 Å². The van der Waals surface area contributed by atoms with Gasteiger partial charge in [-0.15, -0.1) is 0 Å². The fraction of sp³-hybridized carbons (Fsp3) is 0.235. The Balaban J connectivity index is 0.000000200. The van der Waals surface area contributed by atoms with E-state index in [1.165, 1.54) is 5.56 Å². The fourth-order valence-corrected chi connectivity index (χ4v) is 1.57. The molecule has 20 heavy (non-hydrogen) atoms. The number of hydrogen-bond acceptors (Lipinski definition) is 3. The average molecular weight is 272 g/mol. The first-order valence-corrected chi connectivity index (χ1v) is 6.41. The summed E-state index contributed by atoms with van der Waals surface area (Å²) in [5, 5.41) is 7.94. The Morgan fingerprint density at radius 2 is 1.35 bits per heavy atom. The molecule has 0 atom stereocenters. The molecule has 1 N–H and O–H groups in total. The predicted molar refractivity (Wildman–Crippen MR) is 79.6 cm³/mol. The molecule has 3 heteroatoms. The highest BCUT2D eigenvalue weighted by Gasteiger charge is 2.11. The molecule has 0 aliphatic carbocycles. The van der Waals surface area contributed by atoms with Crippen molar-refractivity contribution in [2.24, 2.45) is 0 Å². The van der Waals surface area contributed by atoms with Crippen LogP contribution in [0.5, 0.6) is 0 Å². The number of rotatable bonds is 1. The Morgan fingerprint density at radius 1 is 0.900 bits per heavy atom. The van der Waals surface area contributed by atoms with Crippen LogP contribution in [0.25, 0.3) is 0 Å². The summed E-state index contributed by atoms with van der Waals surface area (Å²) in [5.74, 6) is -0.736. The molecule has 2 aromatic carbocycles. The third kappa shape index (κ3) is 5.24. The lowest BCUT2D eigenvalue weighted by molar-refractivity contribution is -0.182. The van der Waals surface area contributed by atoms with Gasteiger partial charge < -0.3 is 0 Å². The lowest BCUT2D eigenvalue weighted by Crippen LogP contribution is -2.10. The molecule has 0 saturated carbocycles. The zero-order chi connectivity index (χ0) is 15.0. The highest BCUT2D eigenvalue weighted by molar-refractivity contribution is 5.88. The minimum absolute atomic E-state index is 0.293. The Kier molecular flexibility index (Phi) is 5.94. The second kappa shape index (κ2) is 7.46. The molecule has 0 radical (unpaired) electrons. The van der Waals surface area contributed by atoms with Gasteiger partial charge in [0.2, 0.25) is 0 Å². The van der Waals surface area contributed by atoms with Gasteiger partial charge in [0.1, 0.15) is 0 Å². The van der Waals surface area contributed by atoms with Crippen LogP contribution in [0.4, 0.5) is 0 Å². The average Bonchev–Trinajstić information content (AvgIpc) is 2.48. The summed E-state index contributed by atoms with van der Waals surface area (Å²) < 4.78 is 0. The van der Waals surface area contributed by atoms with Gasteiger partial charge in [0.05, 0.1) is 5.56 Å². The van der Waals surface area contributed by atoms with Crippen LogP contribution in [0.3, 0.4) is 0 Å². The third-order valence-electron chi connectivity index (χ3n) is 2.73. The van der Waals surface area contributed by atoms with Gasteiger partial charge in [-0.05, 0) is 23.1 Å². The minimum atomic E-state index is -0.736. The minimum Gasteiger partial charge on any atom is -0.296 e. The van der Waals surface area contributed by atoms with Crippen molar-refractivity contribution in [1.82, 2.24) is 0 Å². The molecule has 106 valence electrons. The number of benzene rings is 2. The van der Waals surface area contributed by atoms with Crippen LogP contribution in [-0.2, 0) is 10.3 Å². The number of carbonyl (C=O) groups excluding carboxylic acids is 1. The molecule has 0 aromatic heterocycles. The Labute approximate surface area is 119 Å². The smallest absolute Gasteiger partial charge is 0.296 e. The number of carbonyl (C=O) groups is 1. The molecule has 0 spiro atoms. The Morgan fingerprint density at radius 3 is 1.70 bits per heavy atom. The lowest BCUT2D eigenvalue weighted by atomic mass is 9.87. The van der Waals surface area contributed by atoms with E-state index in [1.807, 2.05) is 0 Å². The molecular weight excluding hydrogens is 252 g/mol. The van der Waals surface area contributed by atoms with E-state index in [1.54, 1.807) is 30.3 Å². The van der Waals surface area contributed by atoms with Crippen molar-refractivity contribution in [1.29, 1.82) is 0 Å². The van der Waals surface area contributed by atoms with Crippen LogP contribution < -0.4 is 0 Å². The van der Waals surface area contributed by atoms with Gasteiger partial charge in [-0.2, -0.15) is 5.26 Å². The van der Waals surface area contributed by atoms with Gasteiger partial charge in [-0.3, -0.25) is 4.89 Å². The second-order valence-corrected chi connectivity index (χ2v) is 5.36. The van der Waals surface area contributed by atoms with Gasteiger partial charge >= 0.3 is 5.97 Å². The van der Waals surface area contributed by atoms with E-state index in [0.29, 0.717) is 11.0 Å². The van der Waals surface area contributed by atoms with Crippen molar-refractivity contribution in [3.8, 4) is 0 Å². The van der Waals surface area contributed by atoms with Crippen LogP contribution in [0, 0.1) is 0 Å². The van der Waals surface area contributed by atoms with E-state index in [9.17, 15) is 4.79 Å². The summed E-state index contributed by atoms with van der Waals surface area (Å²) in [6, 6.07) is 18.8. The van der Waals surface area contributed by atoms with Crippen molar-refractivity contribution in [3.63, 3.8) is 0 Å². The van der Waals surface area contributed by atoms with Crippen molar-refractivity contribution in [3.05, 3.63) is 71.8 Å². The summed E-state index contributed by atoms with van der Waals surface area (Å²) in [4.78, 5) is 14.0. The van der Waals surface area contributed by atoms with E-state index >= 15 is 0 Å². The number of hydrogen-bond donors (Lipinski definition) is 1. The maximum atomic E-state index is 10.5. The van der Waals surface area contributed by atoms with Crippen LogP contribution in [-0.4, -0.2) is 11.2 Å². The standard InChI is InChI=1S/C10H14.C7H6O3/c1-10(2,3)9-7-5-4-6-8-9;8-7(10-9)6-4-2-1-3-5-6/h4-8H,1-3H3;1-5,9H. The fourth-order valence-electron chi connectivity index (χ4n) is 1.57. The Hall–Kier alpha value is -2.13. The largest absolute Gasteiger partial charge is 0.372 e. The zero-order valence-electron chi connectivity index (χ0n) is 12.0. The summed E-state index contributed by atoms with van der Waals surface area (Å²) in [7, 11) is 0. The zero-order valence-corrected chi connectivity index (χ0v) is 12.0. The topological polar surface area (TPSA) is 46.5 Å². The maximum absolute atomic E-state index is 10.5. The normalized spacial score (nSPS) is 10.2. The molecule has 2 aromatic rings. The van der Waals surface area contributed by atoms with Gasteiger partial charge in [0.15, 0.2) is 0 Å². The lowest BCUT2D eigenvalue weighted by Gasteiger charge is -2.18. The SMILES string of the molecule is CC(C)(C)c1ccccc1.O=C(OO)c1ccccc1. The third-order valence-corrected chi connectivity index (χ3v) is 2.73.